The Kier molecular flexibility index (Phi) is 6.43. The summed E-state index contributed by atoms with van der Waals surface area (Å²) >= 11 is 0. The number of rotatable bonds is 6. The Morgan fingerprint density at radius 1 is 0.968 bits per heavy atom. The highest BCUT2D eigenvalue weighted by molar-refractivity contribution is 5.75. The lowest BCUT2D eigenvalue weighted by Crippen LogP contribution is -2.43. The van der Waals surface area contributed by atoms with Gasteiger partial charge < -0.3 is 4.90 Å². The molecule has 162 valence electrons. The van der Waals surface area contributed by atoms with Crippen molar-refractivity contribution < 1.29 is 18.0 Å². The molecule has 0 fully saturated rings. The lowest BCUT2D eigenvalue weighted by molar-refractivity contribution is -0.137. The van der Waals surface area contributed by atoms with E-state index in [1.165, 1.54) is 40.9 Å². The van der Waals surface area contributed by atoms with Crippen LogP contribution >= 0.6 is 0 Å². The summed E-state index contributed by atoms with van der Waals surface area (Å²) in [6.45, 7) is -0.375. The van der Waals surface area contributed by atoms with Gasteiger partial charge in [0, 0.05) is 25.9 Å². The number of carbonyl (C=O) groups is 1. The first kappa shape index (κ1) is 22.1. The molecule has 1 heterocycles. The zero-order valence-electron chi connectivity index (χ0n) is 16.7. The second-order valence-electron chi connectivity index (χ2n) is 7.08. The van der Waals surface area contributed by atoms with Crippen LogP contribution in [-0.4, -0.2) is 27.0 Å². The molecule has 6 nitrogen and oxygen atoms in total. The minimum atomic E-state index is -4.49. The highest BCUT2D eigenvalue weighted by atomic mass is 19.4. The Bertz CT molecular complexity index is 1180. The third kappa shape index (κ3) is 5.50. The Balaban J connectivity index is 1.76. The second-order valence-corrected chi connectivity index (χ2v) is 7.08. The van der Waals surface area contributed by atoms with Crippen LogP contribution in [0, 0.1) is 0 Å². The lowest BCUT2D eigenvalue weighted by Gasteiger charge is -2.19. The molecule has 2 aromatic carbocycles. The van der Waals surface area contributed by atoms with Crippen LogP contribution in [0.5, 0.6) is 0 Å². The summed E-state index contributed by atoms with van der Waals surface area (Å²) < 4.78 is 40.8. The van der Waals surface area contributed by atoms with E-state index in [1.807, 2.05) is 30.3 Å². The molecule has 31 heavy (non-hydrogen) atoms. The van der Waals surface area contributed by atoms with E-state index in [0.29, 0.717) is 0 Å². The van der Waals surface area contributed by atoms with Gasteiger partial charge in [0.1, 0.15) is 6.54 Å². The third-order valence-electron chi connectivity index (χ3n) is 4.73. The monoisotopic (exact) mass is 431 g/mol. The van der Waals surface area contributed by atoms with Crippen LogP contribution in [0.3, 0.4) is 0 Å². The van der Waals surface area contributed by atoms with Crippen molar-refractivity contribution in [2.24, 2.45) is 0 Å². The molecule has 0 atom stereocenters. The van der Waals surface area contributed by atoms with Crippen LogP contribution in [0.4, 0.5) is 13.2 Å². The molecular formula is C22H20F3N3O3. The first-order chi connectivity index (χ1) is 14.6. The van der Waals surface area contributed by atoms with Gasteiger partial charge in [0.15, 0.2) is 0 Å². The van der Waals surface area contributed by atoms with Crippen LogP contribution in [-0.2, 0) is 30.6 Å². The van der Waals surface area contributed by atoms with E-state index < -0.39 is 35.4 Å². The van der Waals surface area contributed by atoms with Crippen molar-refractivity contribution in [1.82, 2.24) is 14.0 Å². The van der Waals surface area contributed by atoms with E-state index in [4.69, 9.17) is 0 Å². The number of hydrogen-bond donors (Lipinski definition) is 0. The second kappa shape index (κ2) is 9.03. The van der Waals surface area contributed by atoms with Gasteiger partial charge in [-0.2, -0.15) is 13.2 Å². The van der Waals surface area contributed by atoms with Gasteiger partial charge in [0.2, 0.25) is 5.91 Å². The molecule has 3 aromatic rings. The molecule has 0 saturated carbocycles. The smallest absolute Gasteiger partial charge is 0.340 e. The SMILES string of the molecule is CN(Cc1cccc(C(F)(F)F)c1)C(=O)Cn1c(=O)ccn(Cc2ccccc2)c1=O. The zero-order chi connectivity index (χ0) is 22.6. The van der Waals surface area contributed by atoms with Crippen molar-refractivity contribution in [2.45, 2.75) is 25.8 Å². The molecule has 0 unspecified atom stereocenters. The average molecular weight is 431 g/mol. The standard InChI is InChI=1S/C22H20F3N3O3/c1-26(13-17-8-5-9-18(12-17)22(23,24)25)20(30)15-28-19(29)10-11-27(21(28)31)14-16-6-3-2-4-7-16/h2-12H,13-15H2,1H3. The number of carbonyl (C=O) groups excluding carboxylic acids is 1. The van der Waals surface area contributed by atoms with Crippen molar-refractivity contribution in [2.75, 3.05) is 7.05 Å². The Labute approximate surface area is 175 Å². The summed E-state index contributed by atoms with van der Waals surface area (Å²) in [5.41, 5.74) is -0.948. The first-order valence-electron chi connectivity index (χ1n) is 9.39. The van der Waals surface area contributed by atoms with Crippen molar-refractivity contribution in [3.63, 3.8) is 0 Å². The maximum atomic E-state index is 12.9. The summed E-state index contributed by atoms with van der Waals surface area (Å²) in [4.78, 5) is 38.6. The maximum absolute atomic E-state index is 12.9. The van der Waals surface area contributed by atoms with Gasteiger partial charge in [-0.1, -0.05) is 42.5 Å². The fourth-order valence-corrected chi connectivity index (χ4v) is 3.07. The molecule has 0 radical (unpaired) electrons. The van der Waals surface area contributed by atoms with E-state index in [2.05, 4.69) is 0 Å². The Hall–Kier alpha value is -3.62. The van der Waals surface area contributed by atoms with Crippen molar-refractivity contribution in [3.05, 3.63) is 104 Å². The topological polar surface area (TPSA) is 64.3 Å². The van der Waals surface area contributed by atoms with Crippen molar-refractivity contribution >= 4 is 5.91 Å². The van der Waals surface area contributed by atoms with Crippen LogP contribution in [0.25, 0.3) is 0 Å². The van der Waals surface area contributed by atoms with Gasteiger partial charge in [0.05, 0.1) is 12.1 Å². The van der Waals surface area contributed by atoms with E-state index in [1.54, 1.807) is 0 Å². The predicted octanol–water partition coefficient (Wildman–Crippen LogP) is 2.74. The van der Waals surface area contributed by atoms with Crippen LogP contribution in [0.1, 0.15) is 16.7 Å². The molecule has 0 aliphatic carbocycles. The molecule has 0 N–H and O–H groups in total. The quantitative estimate of drug-likeness (QED) is 0.603. The molecule has 0 aliphatic rings. The fourth-order valence-electron chi connectivity index (χ4n) is 3.07. The highest BCUT2D eigenvalue weighted by Gasteiger charge is 2.30. The summed E-state index contributed by atoms with van der Waals surface area (Å²) in [6.07, 6.45) is -3.12. The van der Waals surface area contributed by atoms with Gasteiger partial charge in [-0.3, -0.25) is 18.7 Å². The van der Waals surface area contributed by atoms with E-state index in [0.717, 1.165) is 22.3 Å². The third-order valence-corrected chi connectivity index (χ3v) is 4.73. The summed E-state index contributed by atoms with van der Waals surface area (Å²) in [5.74, 6) is -0.575. The number of aromatic nitrogens is 2. The summed E-state index contributed by atoms with van der Waals surface area (Å²) in [7, 11) is 1.40. The molecule has 1 amide bonds. The van der Waals surface area contributed by atoms with Gasteiger partial charge in [0.25, 0.3) is 5.56 Å². The molecule has 1 aromatic heterocycles. The largest absolute Gasteiger partial charge is 0.416 e. The van der Waals surface area contributed by atoms with E-state index in [-0.39, 0.29) is 18.7 Å². The Morgan fingerprint density at radius 2 is 1.65 bits per heavy atom. The van der Waals surface area contributed by atoms with E-state index >= 15 is 0 Å². The summed E-state index contributed by atoms with van der Waals surface area (Å²) in [6, 6.07) is 15.0. The lowest BCUT2D eigenvalue weighted by atomic mass is 10.1. The number of alkyl halides is 3. The predicted molar refractivity (Wildman–Crippen MR) is 108 cm³/mol. The molecule has 0 saturated heterocycles. The number of likely N-dealkylation sites (N-methyl/N-ethyl adjacent to an activating group) is 1. The van der Waals surface area contributed by atoms with Gasteiger partial charge in [-0.25, -0.2) is 4.79 Å². The Morgan fingerprint density at radius 3 is 2.32 bits per heavy atom. The number of halogens is 3. The van der Waals surface area contributed by atoms with Crippen molar-refractivity contribution in [1.29, 1.82) is 0 Å². The van der Waals surface area contributed by atoms with E-state index in [9.17, 15) is 27.6 Å². The van der Waals surface area contributed by atoms with Gasteiger partial charge in [-0.05, 0) is 23.3 Å². The summed E-state index contributed by atoms with van der Waals surface area (Å²) in [5, 5.41) is 0. The number of benzene rings is 2. The molecule has 0 bridgehead atoms. The van der Waals surface area contributed by atoms with Crippen LogP contribution < -0.4 is 11.2 Å². The fraction of sp³-hybridized carbons (Fsp3) is 0.227. The molecular weight excluding hydrogens is 411 g/mol. The minimum Gasteiger partial charge on any atom is -0.340 e. The first-order valence-corrected chi connectivity index (χ1v) is 9.39. The molecule has 3 rings (SSSR count). The number of amides is 1. The highest BCUT2D eigenvalue weighted by Crippen LogP contribution is 2.29. The van der Waals surface area contributed by atoms with Crippen LogP contribution in [0.2, 0.25) is 0 Å². The average Bonchev–Trinajstić information content (AvgIpc) is 2.73. The normalized spacial score (nSPS) is 11.4. The van der Waals surface area contributed by atoms with Gasteiger partial charge >= 0.3 is 11.9 Å². The molecule has 0 spiro atoms. The minimum absolute atomic E-state index is 0.0947. The molecule has 0 aliphatic heterocycles. The number of nitrogens with zero attached hydrogens (tertiary/aromatic N) is 3. The van der Waals surface area contributed by atoms with Crippen LogP contribution in [0.15, 0.2) is 76.4 Å². The van der Waals surface area contributed by atoms with Crippen molar-refractivity contribution in [3.8, 4) is 0 Å². The molecule has 9 heteroatoms. The maximum Gasteiger partial charge on any atom is 0.416 e. The van der Waals surface area contributed by atoms with Gasteiger partial charge in [-0.15, -0.1) is 0 Å². The number of hydrogen-bond acceptors (Lipinski definition) is 3. The zero-order valence-corrected chi connectivity index (χ0v) is 16.7.